The maximum atomic E-state index is 13.3. The van der Waals surface area contributed by atoms with E-state index in [1.54, 1.807) is 24.3 Å². The standard InChI is InChI=1S/C24H18O2/c1-24(17-10-4-2-5-11-17,18-12-6-3-7-13-18)21-16-22(25)19-14-8-9-15-20(19)23(21)26/h2-16H,1H3. The van der Waals surface area contributed by atoms with E-state index >= 15 is 0 Å². The van der Waals surface area contributed by atoms with Gasteiger partial charge < -0.3 is 0 Å². The minimum absolute atomic E-state index is 0.0876. The molecule has 26 heavy (non-hydrogen) atoms. The van der Waals surface area contributed by atoms with Gasteiger partial charge in [0.05, 0.1) is 0 Å². The second kappa shape index (κ2) is 6.23. The lowest BCUT2D eigenvalue weighted by atomic mass is 9.66. The summed E-state index contributed by atoms with van der Waals surface area (Å²) in [6, 6.07) is 26.8. The number of ketones is 2. The maximum absolute atomic E-state index is 13.3. The second-order valence-corrected chi connectivity index (χ2v) is 6.65. The molecule has 4 rings (SSSR count). The van der Waals surface area contributed by atoms with Crippen molar-refractivity contribution in [1.82, 2.24) is 0 Å². The van der Waals surface area contributed by atoms with Gasteiger partial charge in [-0.2, -0.15) is 0 Å². The van der Waals surface area contributed by atoms with Gasteiger partial charge in [-0.1, -0.05) is 84.9 Å². The van der Waals surface area contributed by atoms with Gasteiger partial charge in [-0.3, -0.25) is 9.59 Å². The molecule has 3 aromatic rings. The molecule has 0 bridgehead atoms. The predicted molar refractivity (Wildman–Crippen MR) is 103 cm³/mol. The van der Waals surface area contributed by atoms with Gasteiger partial charge in [0.2, 0.25) is 0 Å². The van der Waals surface area contributed by atoms with Gasteiger partial charge in [-0.15, -0.1) is 0 Å². The van der Waals surface area contributed by atoms with Gasteiger partial charge in [0.15, 0.2) is 11.6 Å². The van der Waals surface area contributed by atoms with Gasteiger partial charge >= 0.3 is 0 Å². The highest BCUT2D eigenvalue weighted by Crippen LogP contribution is 2.42. The van der Waals surface area contributed by atoms with E-state index in [9.17, 15) is 9.59 Å². The van der Waals surface area contributed by atoms with Crippen LogP contribution in [0.4, 0.5) is 0 Å². The lowest BCUT2D eigenvalue weighted by Gasteiger charge is -2.34. The molecule has 0 unspecified atom stereocenters. The van der Waals surface area contributed by atoms with E-state index in [2.05, 4.69) is 0 Å². The Hall–Kier alpha value is -3.26. The van der Waals surface area contributed by atoms with Gasteiger partial charge in [-0.25, -0.2) is 0 Å². The molecule has 0 N–H and O–H groups in total. The zero-order chi connectivity index (χ0) is 18.1. The Morgan fingerprint density at radius 3 is 1.62 bits per heavy atom. The zero-order valence-electron chi connectivity index (χ0n) is 14.5. The Kier molecular flexibility index (Phi) is 3.89. The summed E-state index contributed by atoms with van der Waals surface area (Å²) in [4.78, 5) is 26.1. The van der Waals surface area contributed by atoms with Crippen molar-refractivity contribution in [2.24, 2.45) is 0 Å². The number of carbonyl (C=O) groups excluding carboxylic acids is 2. The van der Waals surface area contributed by atoms with Crippen molar-refractivity contribution >= 4 is 11.6 Å². The van der Waals surface area contributed by atoms with Crippen LogP contribution in [0, 0.1) is 0 Å². The summed E-state index contributed by atoms with van der Waals surface area (Å²) < 4.78 is 0. The zero-order valence-corrected chi connectivity index (χ0v) is 14.5. The van der Waals surface area contributed by atoms with E-state index in [0.717, 1.165) is 11.1 Å². The molecule has 126 valence electrons. The molecule has 0 aromatic heterocycles. The van der Waals surface area contributed by atoms with Gasteiger partial charge in [0.25, 0.3) is 0 Å². The average Bonchev–Trinajstić information content (AvgIpc) is 2.71. The number of hydrogen-bond acceptors (Lipinski definition) is 2. The van der Waals surface area contributed by atoms with Crippen molar-refractivity contribution in [3.63, 3.8) is 0 Å². The van der Waals surface area contributed by atoms with E-state index in [4.69, 9.17) is 0 Å². The largest absolute Gasteiger partial charge is 0.289 e. The molecule has 0 aliphatic heterocycles. The lowest BCUT2D eigenvalue weighted by Crippen LogP contribution is -2.34. The van der Waals surface area contributed by atoms with E-state index < -0.39 is 5.41 Å². The number of hydrogen-bond donors (Lipinski definition) is 0. The number of allylic oxidation sites excluding steroid dienone is 2. The summed E-state index contributed by atoms with van der Waals surface area (Å²) in [5, 5.41) is 0. The van der Waals surface area contributed by atoms with E-state index in [0.29, 0.717) is 16.7 Å². The maximum Gasteiger partial charge on any atom is 0.191 e. The fourth-order valence-corrected chi connectivity index (χ4v) is 3.71. The van der Waals surface area contributed by atoms with Crippen LogP contribution in [0.25, 0.3) is 0 Å². The first-order valence-corrected chi connectivity index (χ1v) is 8.63. The number of rotatable bonds is 3. The summed E-state index contributed by atoms with van der Waals surface area (Å²) in [5.74, 6) is -0.205. The smallest absolute Gasteiger partial charge is 0.191 e. The quantitative estimate of drug-likeness (QED) is 0.673. The predicted octanol–water partition coefficient (Wildman–Crippen LogP) is 5.00. The molecule has 0 heterocycles. The first-order chi connectivity index (χ1) is 12.6. The molecular formula is C24H18O2. The van der Waals surface area contributed by atoms with Crippen LogP contribution in [-0.4, -0.2) is 11.6 Å². The molecule has 0 amide bonds. The second-order valence-electron chi connectivity index (χ2n) is 6.65. The van der Waals surface area contributed by atoms with Crippen LogP contribution in [0.3, 0.4) is 0 Å². The topological polar surface area (TPSA) is 34.1 Å². The molecule has 2 nitrogen and oxygen atoms in total. The first kappa shape index (κ1) is 16.2. The van der Waals surface area contributed by atoms with Gasteiger partial charge in [-0.05, 0) is 24.1 Å². The van der Waals surface area contributed by atoms with Crippen LogP contribution in [0.1, 0.15) is 38.8 Å². The molecule has 0 spiro atoms. The Morgan fingerprint density at radius 1 is 0.615 bits per heavy atom. The fourth-order valence-electron chi connectivity index (χ4n) is 3.71. The molecule has 0 saturated carbocycles. The third-order valence-corrected chi connectivity index (χ3v) is 5.20. The molecule has 3 aromatic carbocycles. The summed E-state index contributed by atoms with van der Waals surface area (Å²) >= 11 is 0. The minimum Gasteiger partial charge on any atom is -0.289 e. The van der Waals surface area contributed by atoms with Crippen molar-refractivity contribution in [3.05, 3.63) is 119 Å². The van der Waals surface area contributed by atoms with Crippen molar-refractivity contribution < 1.29 is 9.59 Å². The minimum atomic E-state index is -0.706. The Morgan fingerprint density at radius 2 is 1.08 bits per heavy atom. The monoisotopic (exact) mass is 338 g/mol. The highest BCUT2D eigenvalue weighted by molar-refractivity contribution is 6.25. The number of Topliss-reactive ketones (excluding diaryl/α,β-unsaturated/α-hetero) is 1. The summed E-state index contributed by atoms with van der Waals surface area (Å²) in [6.07, 6.45) is 1.52. The van der Waals surface area contributed by atoms with Gasteiger partial charge in [0.1, 0.15) is 0 Å². The van der Waals surface area contributed by atoms with Gasteiger partial charge in [0, 0.05) is 22.1 Å². The molecule has 0 radical (unpaired) electrons. The normalized spacial score (nSPS) is 14.0. The average molecular weight is 338 g/mol. The summed E-state index contributed by atoms with van der Waals surface area (Å²) in [6.45, 7) is 2.02. The van der Waals surface area contributed by atoms with Crippen molar-refractivity contribution in [3.8, 4) is 0 Å². The Bertz CT molecular complexity index is 975. The van der Waals surface area contributed by atoms with Crippen LogP contribution >= 0.6 is 0 Å². The Labute approximate surface area is 152 Å². The molecule has 1 aliphatic rings. The van der Waals surface area contributed by atoms with Crippen LogP contribution in [-0.2, 0) is 5.41 Å². The highest BCUT2D eigenvalue weighted by atomic mass is 16.1. The number of benzene rings is 3. The molecule has 0 atom stereocenters. The molecular weight excluding hydrogens is 320 g/mol. The Balaban J connectivity index is 1.97. The summed E-state index contributed by atoms with van der Waals surface area (Å²) in [7, 11) is 0. The van der Waals surface area contributed by atoms with Crippen LogP contribution in [0.15, 0.2) is 96.6 Å². The van der Waals surface area contributed by atoms with E-state index in [-0.39, 0.29) is 11.6 Å². The van der Waals surface area contributed by atoms with Crippen molar-refractivity contribution in [2.75, 3.05) is 0 Å². The van der Waals surface area contributed by atoms with E-state index in [1.807, 2.05) is 67.6 Å². The highest BCUT2D eigenvalue weighted by Gasteiger charge is 2.40. The molecule has 0 saturated heterocycles. The SMILES string of the molecule is CC(C1=CC(=O)c2ccccc2C1=O)(c1ccccc1)c1ccccc1. The number of fused-ring (bicyclic) bond motifs is 1. The molecule has 1 aliphatic carbocycles. The van der Waals surface area contributed by atoms with Crippen molar-refractivity contribution in [1.29, 1.82) is 0 Å². The van der Waals surface area contributed by atoms with Crippen LogP contribution in [0.5, 0.6) is 0 Å². The van der Waals surface area contributed by atoms with Crippen LogP contribution in [0.2, 0.25) is 0 Å². The third-order valence-electron chi connectivity index (χ3n) is 5.20. The number of carbonyl (C=O) groups is 2. The third kappa shape index (κ3) is 2.42. The molecule has 2 heteroatoms. The first-order valence-electron chi connectivity index (χ1n) is 8.63. The lowest BCUT2D eigenvalue weighted by molar-refractivity contribution is 0.0975. The fraction of sp³-hybridized carbons (Fsp3) is 0.0833. The van der Waals surface area contributed by atoms with Crippen molar-refractivity contribution in [2.45, 2.75) is 12.3 Å². The van der Waals surface area contributed by atoms with E-state index in [1.165, 1.54) is 6.08 Å². The summed E-state index contributed by atoms with van der Waals surface area (Å²) in [5.41, 5.74) is 2.73. The molecule has 0 fully saturated rings. The van der Waals surface area contributed by atoms with Crippen LogP contribution < -0.4 is 0 Å².